The maximum absolute atomic E-state index is 14.1. The Morgan fingerprint density at radius 3 is 2.69 bits per heavy atom. The van der Waals surface area contributed by atoms with Gasteiger partial charge >= 0.3 is 7.52 Å². The molecule has 0 radical (unpaired) electrons. The molecular formula is C22H22FN4O6PS. The summed E-state index contributed by atoms with van der Waals surface area (Å²) in [7, 11) is -6.40. The number of fused-ring (bicyclic) bond motifs is 2. The highest BCUT2D eigenvalue weighted by atomic mass is 32.2. The fourth-order valence-electron chi connectivity index (χ4n) is 4.11. The van der Waals surface area contributed by atoms with Crippen molar-refractivity contribution in [3.05, 3.63) is 58.1 Å². The van der Waals surface area contributed by atoms with Crippen LogP contribution < -0.4 is 20.9 Å². The number of halogens is 1. The summed E-state index contributed by atoms with van der Waals surface area (Å²) < 4.78 is 64.1. The number of anilines is 2. The summed E-state index contributed by atoms with van der Waals surface area (Å²) in [5.41, 5.74) is -0.0371. The van der Waals surface area contributed by atoms with Crippen LogP contribution in [0, 0.1) is 11.7 Å². The average Bonchev–Trinajstić information content (AvgIpc) is 3.60. The summed E-state index contributed by atoms with van der Waals surface area (Å²) in [6, 6.07) is 8.03. The first-order valence-corrected chi connectivity index (χ1v) is 14.2. The molecule has 10 nitrogen and oxygen atoms in total. The van der Waals surface area contributed by atoms with Crippen LogP contribution >= 0.6 is 7.52 Å². The predicted molar refractivity (Wildman–Crippen MR) is 132 cm³/mol. The molecular weight excluding hydrogens is 498 g/mol. The predicted octanol–water partition coefficient (Wildman–Crippen LogP) is 2.96. The minimum Gasteiger partial charge on any atom is -0.506 e. The number of aromatic hydroxyl groups is 1. The second-order valence-electron chi connectivity index (χ2n) is 8.63. The zero-order valence-corrected chi connectivity index (χ0v) is 20.5. The van der Waals surface area contributed by atoms with Gasteiger partial charge in [0.1, 0.15) is 17.1 Å². The van der Waals surface area contributed by atoms with E-state index in [1.165, 1.54) is 42.0 Å². The highest BCUT2D eigenvalue weighted by Crippen LogP contribution is 2.52. The fraction of sp³-hybridized carbons (Fsp3) is 0.273. The smallest absolute Gasteiger partial charge is 0.348 e. The van der Waals surface area contributed by atoms with Gasteiger partial charge in [-0.2, -0.15) is 4.76 Å². The molecule has 13 heteroatoms. The third-order valence-corrected chi connectivity index (χ3v) is 8.46. The molecule has 2 aromatic carbocycles. The molecule has 0 saturated heterocycles. The zero-order chi connectivity index (χ0) is 25.1. The minimum absolute atomic E-state index is 0.0852. The van der Waals surface area contributed by atoms with Crippen LogP contribution in [-0.2, 0) is 25.7 Å². The minimum atomic E-state index is -3.98. The van der Waals surface area contributed by atoms with Crippen LogP contribution in [0.4, 0.5) is 15.8 Å². The first-order valence-electron chi connectivity index (χ1n) is 10.7. The van der Waals surface area contributed by atoms with E-state index in [1.54, 1.807) is 0 Å². The average molecular weight is 520 g/mol. The summed E-state index contributed by atoms with van der Waals surface area (Å²) in [6.45, 7) is 0.389. The number of pyridine rings is 1. The molecule has 2 heterocycles. The first-order chi connectivity index (χ1) is 16.5. The highest BCUT2D eigenvalue weighted by molar-refractivity contribution is 7.92. The van der Waals surface area contributed by atoms with Crippen molar-refractivity contribution in [2.24, 2.45) is 10.7 Å². The number of aromatic nitrogens is 1. The number of sulfonamides is 1. The van der Waals surface area contributed by atoms with Crippen LogP contribution in [0.25, 0.3) is 10.9 Å². The Morgan fingerprint density at radius 1 is 1.29 bits per heavy atom. The lowest BCUT2D eigenvalue weighted by molar-refractivity contribution is 0.404. The fourth-order valence-corrected chi connectivity index (χ4v) is 6.20. The Hall–Kier alpha value is -3.21. The van der Waals surface area contributed by atoms with Crippen molar-refractivity contribution < 1.29 is 27.0 Å². The SMILES string of the molecule is COP1(=O)N=C(c2c(O)c3cc(F)ccc3n(CC3CC3)c2=O)Nc2ccc(NS(C)(=O)=O)cc21. The summed E-state index contributed by atoms with van der Waals surface area (Å²) in [5, 5.41) is 14.1. The molecule has 1 unspecified atom stereocenters. The van der Waals surface area contributed by atoms with Crippen molar-refractivity contribution >= 4 is 51.0 Å². The van der Waals surface area contributed by atoms with Crippen molar-refractivity contribution in [2.45, 2.75) is 19.4 Å². The molecule has 2 aliphatic rings. The van der Waals surface area contributed by atoms with Crippen molar-refractivity contribution in [3.63, 3.8) is 0 Å². The Morgan fingerprint density at radius 2 is 2.03 bits per heavy atom. The topological polar surface area (TPSA) is 139 Å². The lowest BCUT2D eigenvalue weighted by Crippen LogP contribution is -2.34. The van der Waals surface area contributed by atoms with E-state index in [-0.39, 0.29) is 33.5 Å². The van der Waals surface area contributed by atoms with E-state index in [0.717, 1.165) is 25.2 Å². The molecule has 1 aliphatic heterocycles. The van der Waals surface area contributed by atoms with E-state index >= 15 is 0 Å². The van der Waals surface area contributed by atoms with Gasteiger partial charge in [-0.05, 0) is 55.2 Å². The Bertz CT molecular complexity index is 1630. The lowest BCUT2D eigenvalue weighted by Gasteiger charge is -2.25. The molecule has 0 spiro atoms. The third kappa shape index (κ3) is 4.33. The third-order valence-electron chi connectivity index (χ3n) is 5.91. The summed E-state index contributed by atoms with van der Waals surface area (Å²) in [5.74, 6) is -0.979. The maximum atomic E-state index is 14.1. The lowest BCUT2D eigenvalue weighted by atomic mass is 10.1. The van der Waals surface area contributed by atoms with Crippen molar-refractivity contribution in [3.8, 4) is 5.75 Å². The molecule has 1 atom stereocenters. The molecule has 0 amide bonds. The van der Waals surface area contributed by atoms with E-state index in [2.05, 4.69) is 14.8 Å². The van der Waals surface area contributed by atoms with E-state index in [9.17, 15) is 27.3 Å². The Labute approximate surface area is 200 Å². The van der Waals surface area contributed by atoms with Crippen LogP contribution in [-0.4, -0.2) is 37.3 Å². The van der Waals surface area contributed by atoms with Crippen LogP contribution in [0.3, 0.4) is 0 Å². The number of hydrogen-bond acceptors (Lipinski definition) is 7. The summed E-state index contributed by atoms with van der Waals surface area (Å²) in [6.07, 6.45) is 2.90. The largest absolute Gasteiger partial charge is 0.506 e. The Kier molecular flexibility index (Phi) is 5.50. The molecule has 35 heavy (non-hydrogen) atoms. The quantitative estimate of drug-likeness (QED) is 0.425. The van der Waals surface area contributed by atoms with Gasteiger partial charge in [0.25, 0.3) is 5.56 Å². The van der Waals surface area contributed by atoms with Gasteiger partial charge in [-0.15, -0.1) is 0 Å². The van der Waals surface area contributed by atoms with Crippen LogP contribution in [0.15, 0.2) is 46.0 Å². The van der Waals surface area contributed by atoms with Gasteiger partial charge in [0.2, 0.25) is 10.0 Å². The van der Waals surface area contributed by atoms with Crippen LogP contribution in [0.5, 0.6) is 5.75 Å². The van der Waals surface area contributed by atoms with Gasteiger partial charge in [0.15, 0.2) is 5.84 Å². The van der Waals surface area contributed by atoms with Crippen molar-refractivity contribution in [1.82, 2.24) is 4.57 Å². The molecule has 5 rings (SSSR count). The van der Waals surface area contributed by atoms with Crippen molar-refractivity contribution in [2.75, 3.05) is 23.4 Å². The van der Waals surface area contributed by atoms with Gasteiger partial charge in [0.05, 0.1) is 22.8 Å². The Balaban J connectivity index is 1.70. The zero-order valence-electron chi connectivity index (χ0n) is 18.8. The monoisotopic (exact) mass is 520 g/mol. The number of nitrogens with one attached hydrogen (secondary N) is 2. The highest BCUT2D eigenvalue weighted by Gasteiger charge is 2.36. The van der Waals surface area contributed by atoms with Gasteiger partial charge in [-0.3, -0.25) is 14.1 Å². The van der Waals surface area contributed by atoms with Gasteiger partial charge in [0, 0.05) is 24.7 Å². The second kappa shape index (κ2) is 8.18. The number of amidine groups is 1. The standard InChI is InChI=1S/C22H22FN4O6PS/c1-33-34(30)18-10-14(26-35(2,31)32)6-7-16(18)24-21(25-34)19-20(28)15-9-13(23)5-8-17(15)27(22(19)29)11-12-3-4-12/h5-10,12,26,28H,3-4,11H2,1-2H3,(H,24,25,30). The van der Waals surface area contributed by atoms with Gasteiger partial charge < -0.3 is 19.5 Å². The van der Waals surface area contributed by atoms with E-state index in [4.69, 9.17) is 4.52 Å². The van der Waals surface area contributed by atoms with Crippen LogP contribution in [0.1, 0.15) is 18.4 Å². The van der Waals surface area contributed by atoms with Gasteiger partial charge in [-0.1, -0.05) is 0 Å². The van der Waals surface area contributed by atoms with Gasteiger partial charge in [-0.25, -0.2) is 12.8 Å². The molecule has 3 aromatic rings. The molecule has 1 saturated carbocycles. The first kappa shape index (κ1) is 23.5. The molecule has 0 bridgehead atoms. The van der Waals surface area contributed by atoms with E-state index in [0.29, 0.717) is 18.0 Å². The second-order valence-corrected chi connectivity index (χ2v) is 12.5. The maximum Gasteiger partial charge on any atom is 0.348 e. The molecule has 184 valence electrons. The summed E-state index contributed by atoms with van der Waals surface area (Å²) in [4.78, 5) is 13.6. The summed E-state index contributed by atoms with van der Waals surface area (Å²) >= 11 is 0. The number of rotatable bonds is 6. The number of nitrogens with zero attached hydrogens (tertiary/aromatic N) is 2. The molecule has 3 N–H and O–H groups in total. The van der Waals surface area contributed by atoms with E-state index in [1.807, 2.05) is 0 Å². The molecule has 1 fully saturated rings. The molecule has 1 aromatic heterocycles. The van der Waals surface area contributed by atoms with Crippen molar-refractivity contribution in [1.29, 1.82) is 0 Å². The number of benzene rings is 2. The molecule has 1 aliphatic carbocycles. The normalized spacial score (nSPS) is 19.7. The van der Waals surface area contributed by atoms with E-state index < -0.39 is 34.7 Å². The van der Waals surface area contributed by atoms with Crippen LogP contribution in [0.2, 0.25) is 0 Å². The number of hydrogen-bond donors (Lipinski definition) is 3.